The molecule has 0 radical (unpaired) electrons. The Morgan fingerprint density at radius 3 is 2.60 bits per heavy atom. The molecule has 5 atom stereocenters. The van der Waals surface area contributed by atoms with Crippen molar-refractivity contribution in [3.63, 3.8) is 0 Å². The number of hydrogen-bond donors (Lipinski definition) is 0. The zero-order chi connectivity index (χ0) is 25.3. The molecule has 3 aliphatic rings. The van der Waals surface area contributed by atoms with Crippen molar-refractivity contribution >= 4 is 30.2 Å². The molecule has 1 heterocycles. The van der Waals surface area contributed by atoms with Gasteiger partial charge in [-0.1, -0.05) is 72.1 Å². The first-order valence-electron chi connectivity index (χ1n) is 14.0. The summed E-state index contributed by atoms with van der Waals surface area (Å²) in [6, 6.07) is 10.9. The van der Waals surface area contributed by atoms with Crippen LogP contribution in [-0.2, 0) is 15.6 Å². The van der Waals surface area contributed by atoms with Crippen molar-refractivity contribution in [2.24, 2.45) is 17.3 Å². The third-order valence-corrected chi connectivity index (χ3v) is 10.7. The molecule has 0 aromatic heterocycles. The summed E-state index contributed by atoms with van der Waals surface area (Å²) < 4.78 is 6.81. The van der Waals surface area contributed by atoms with E-state index >= 15 is 0 Å². The van der Waals surface area contributed by atoms with Crippen LogP contribution in [0.15, 0.2) is 40.9 Å². The molecule has 0 bridgehead atoms. The van der Waals surface area contributed by atoms with E-state index in [9.17, 15) is 4.79 Å². The number of amides is 1. The van der Waals surface area contributed by atoms with Crippen LogP contribution in [0.4, 0.5) is 0 Å². The van der Waals surface area contributed by atoms with Gasteiger partial charge in [-0.3, -0.25) is 4.79 Å². The van der Waals surface area contributed by atoms with Crippen LogP contribution in [0.5, 0.6) is 0 Å². The molecule has 1 amide bonds. The van der Waals surface area contributed by atoms with Crippen molar-refractivity contribution in [2.45, 2.75) is 109 Å². The first-order valence-corrected chi connectivity index (χ1v) is 18.3. The Bertz CT molecular complexity index is 913. The first-order chi connectivity index (χ1) is 16.6. The number of allylic oxidation sites excluding steroid dienone is 1. The second kappa shape index (κ2) is 10.8. The minimum atomic E-state index is -1.88. The summed E-state index contributed by atoms with van der Waals surface area (Å²) in [4.78, 5) is 18.6. The SMILES string of the molecule is CCCC1(O[Si](C)(C)C)CC(CC2CC[C@H]3/C(=C/Br)CCC[C@]23C)N(CCc2ccccc2)C1=O. The smallest absolute Gasteiger partial charge is 0.254 e. The molecule has 1 aromatic rings. The molecule has 3 fully saturated rings. The number of fused-ring (bicyclic) bond motifs is 1. The lowest BCUT2D eigenvalue weighted by Gasteiger charge is -2.43. The molecule has 2 aliphatic carbocycles. The molecule has 0 N–H and O–H groups in total. The summed E-state index contributed by atoms with van der Waals surface area (Å²) in [5, 5.41) is 0. The maximum Gasteiger partial charge on any atom is 0.254 e. The van der Waals surface area contributed by atoms with E-state index < -0.39 is 13.9 Å². The summed E-state index contributed by atoms with van der Waals surface area (Å²) in [6.07, 6.45) is 11.2. The van der Waals surface area contributed by atoms with Crippen molar-refractivity contribution < 1.29 is 9.22 Å². The van der Waals surface area contributed by atoms with Crippen LogP contribution in [0.3, 0.4) is 0 Å². The van der Waals surface area contributed by atoms with E-state index in [1.807, 2.05) is 0 Å². The largest absolute Gasteiger partial charge is 0.403 e. The number of rotatable bonds is 9. The van der Waals surface area contributed by atoms with E-state index in [0.29, 0.717) is 17.3 Å². The predicted molar refractivity (Wildman–Crippen MR) is 152 cm³/mol. The zero-order valence-corrected chi connectivity index (χ0v) is 25.2. The van der Waals surface area contributed by atoms with Crippen LogP contribution in [0.2, 0.25) is 19.6 Å². The van der Waals surface area contributed by atoms with Gasteiger partial charge in [-0.15, -0.1) is 0 Å². The Hall–Kier alpha value is -0.913. The van der Waals surface area contributed by atoms with Crippen molar-refractivity contribution in [2.75, 3.05) is 6.54 Å². The Morgan fingerprint density at radius 2 is 1.94 bits per heavy atom. The Morgan fingerprint density at radius 1 is 1.20 bits per heavy atom. The van der Waals surface area contributed by atoms with E-state index in [1.165, 1.54) is 37.7 Å². The van der Waals surface area contributed by atoms with Crippen LogP contribution in [0.1, 0.15) is 77.2 Å². The molecule has 194 valence electrons. The Balaban J connectivity index is 1.60. The third kappa shape index (κ3) is 5.67. The zero-order valence-electron chi connectivity index (χ0n) is 22.6. The highest BCUT2D eigenvalue weighted by molar-refractivity contribution is 9.11. The molecule has 5 heteroatoms. The van der Waals surface area contributed by atoms with Gasteiger partial charge in [-0.2, -0.15) is 0 Å². The highest BCUT2D eigenvalue weighted by Crippen LogP contribution is 2.59. The molecule has 35 heavy (non-hydrogen) atoms. The fourth-order valence-electron chi connectivity index (χ4n) is 7.72. The van der Waals surface area contributed by atoms with Gasteiger partial charge < -0.3 is 9.33 Å². The Labute approximate surface area is 223 Å². The van der Waals surface area contributed by atoms with Gasteiger partial charge in [0, 0.05) is 19.0 Å². The lowest BCUT2D eigenvalue weighted by atomic mass is 9.63. The molecule has 1 saturated heterocycles. The molecule has 3 unspecified atom stereocenters. The number of carbonyl (C=O) groups excluding carboxylic acids is 1. The van der Waals surface area contributed by atoms with E-state index in [4.69, 9.17) is 4.43 Å². The number of benzene rings is 1. The second-order valence-electron chi connectivity index (χ2n) is 12.7. The van der Waals surface area contributed by atoms with Gasteiger partial charge in [0.15, 0.2) is 8.32 Å². The minimum absolute atomic E-state index is 0.270. The molecule has 1 aliphatic heterocycles. The lowest BCUT2D eigenvalue weighted by Crippen LogP contribution is -2.49. The van der Waals surface area contributed by atoms with Gasteiger partial charge in [0.2, 0.25) is 0 Å². The topological polar surface area (TPSA) is 29.5 Å². The van der Waals surface area contributed by atoms with Gasteiger partial charge in [0.25, 0.3) is 5.91 Å². The van der Waals surface area contributed by atoms with Crippen LogP contribution >= 0.6 is 15.9 Å². The monoisotopic (exact) mass is 559 g/mol. The van der Waals surface area contributed by atoms with Crippen LogP contribution in [-0.4, -0.2) is 37.3 Å². The van der Waals surface area contributed by atoms with E-state index in [2.05, 4.69) is 89.6 Å². The van der Waals surface area contributed by atoms with Crippen LogP contribution in [0.25, 0.3) is 0 Å². The van der Waals surface area contributed by atoms with Crippen molar-refractivity contribution in [3.05, 3.63) is 46.5 Å². The Kier molecular flexibility index (Phi) is 8.39. The second-order valence-corrected chi connectivity index (χ2v) is 17.5. The molecule has 0 spiro atoms. The third-order valence-electron chi connectivity index (χ3n) is 9.15. The number of likely N-dealkylation sites (tertiary alicyclic amines) is 1. The van der Waals surface area contributed by atoms with E-state index in [0.717, 1.165) is 38.6 Å². The minimum Gasteiger partial charge on any atom is -0.403 e. The van der Waals surface area contributed by atoms with E-state index in [1.54, 1.807) is 5.57 Å². The van der Waals surface area contributed by atoms with Gasteiger partial charge in [0.05, 0.1) is 0 Å². The van der Waals surface area contributed by atoms with E-state index in [-0.39, 0.29) is 11.9 Å². The normalized spacial score (nSPS) is 34.6. The number of halogens is 1. The lowest BCUT2D eigenvalue weighted by molar-refractivity contribution is -0.142. The number of nitrogens with zero attached hydrogens (tertiary/aromatic N) is 1. The van der Waals surface area contributed by atoms with Gasteiger partial charge in [-0.25, -0.2) is 0 Å². The van der Waals surface area contributed by atoms with Crippen molar-refractivity contribution in [3.8, 4) is 0 Å². The highest BCUT2D eigenvalue weighted by Gasteiger charge is 2.56. The number of carbonyl (C=O) groups is 1. The standard InChI is InChI=1S/C30H46BrNO2Si/c1-6-17-30(34-35(3,4)5)21-26(32(28(30)33)19-16-23-11-8-7-9-12-23)20-25-14-15-27-24(22-31)13-10-18-29(25,27)2/h7-9,11-12,22,25-27H,6,10,13-21H2,1-5H3/b24-22+/t25?,26?,27-,29+,30?/m0/s1. The molecular formula is C30H46BrNO2Si. The predicted octanol–water partition coefficient (Wildman–Crippen LogP) is 8.11. The summed E-state index contributed by atoms with van der Waals surface area (Å²) in [7, 11) is -1.88. The van der Waals surface area contributed by atoms with Crippen molar-refractivity contribution in [1.82, 2.24) is 4.90 Å². The maximum absolute atomic E-state index is 14.2. The molecule has 1 aromatic carbocycles. The maximum atomic E-state index is 14.2. The number of hydrogen-bond acceptors (Lipinski definition) is 2. The molecule has 4 rings (SSSR count). The quantitative estimate of drug-likeness (QED) is 0.286. The van der Waals surface area contributed by atoms with Crippen molar-refractivity contribution in [1.29, 1.82) is 0 Å². The molecule has 2 saturated carbocycles. The average molecular weight is 561 g/mol. The molecular weight excluding hydrogens is 514 g/mol. The summed E-state index contributed by atoms with van der Waals surface area (Å²) in [5.41, 5.74) is 2.67. The molecule has 3 nitrogen and oxygen atoms in total. The van der Waals surface area contributed by atoms with Gasteiger partial charge in [0.1, 0.15) is 5.60 Å². The summed E-state index contributed by atoms with van der Waals surface area (Å²) in [6.45, 7) is 12.2. The summed E-state index contributed by atoms with van der Waals surface area (Å²) >= 11 is 3.67. The average Bonchev–Trinajstić information content (AvgIpc) is 3.26. The first kappa shape index (κ1) is 27.1. The summed E-state index contributed by atoms with van der Waals surface area (Å²) in [5.74, 6) is 1.65. The fraction of sp³-hybridized carbons (Fsp3) is 0.700. The van der Waals surface area contributed by atoms with Gasteiger partial charge in [-0.05, 0) is 98.8 Å². The van der Waals surface area contributed by atoms with Gasteiger partial charge >= 0.3 is 0 Å². The van der Waals surface area contributed by atoms with Crippen LogP contribution < -0.4 is 0 Å². The van der Waals surface area contributed by atoms with Crippen LogP contribution in [0, 0.1) is 17.3 Å². The highest BCUT2D eigenvalue weighted by atomic mass is 79.9. The fourth-order valence-corrected chi connectivity index (χ4v) is 9.72.